The number of carbonyl (C=O) groups is 1. The second-order valence-electron chi connectivity index (χ2n) is 9.89. The van der Waals surface area contributed by atoms with Crippen LogP contribution in [-0.4, -0.2) is 58.1 Å². The minimum atomic E-state index is -0.371. The van der Waals surface area contributed by atoms with Gasteiger partial charge in [-0.3, -0.25) is 4.79 Å². The third-order valence-corrected chi connectivity index (χ3v) is 6.86. The summed E-state index contributed by atoms with van der Waals surface area (Å²) in [5.41, 5.74) is 2.01. The molecule has 1 fully saturated rings. The van der Waals surface area contributed by atoms with Gasteiger partial charge in [0.2, 0.25) is 5.91 Å². The van der Waals surface area contributed by atoms with E-state index in [0.717, 1.165) is 30.8 Å². The Morgan fingerprint density at radius 3 is 2.51 bits per heavy atom. The molecule has 2 unspecified atom stereocenters. The number of nitrogens with one attached hydrogen (secondary N) is 2. The summed E-state index contributed by atoms with van der Waals surface area (Å²) in [7, 11) is 0. The molecule has 0 aromatic heterocycles. The Morgan fingerprint density at radius 2 is 1.71 bits per heavy atom. The predicted molar refractivity (Wildman–Crippen MR) is 153 cm³/mol. The molecule has 0 aliphatic carbocycles. The minimum Gasteiger partial charge on any atom is -0.493 e. The van der Waals surface area contributed by atoms with Crippen LogP contribution in [-0.2, 0) is 16.0 Å². The summed E-state index contributed by atoms with van der Waals surface area (Å²) >= 11 is 0. The van der Waals surface area contributed by atoms with Crippen molar-refractivity contribution < 1.29 is 32.5 Å². The van der Waals surface area contributed by atoms with Gasteiger partial charge in [0, 0.05) is 38.4 Å². The second-order valence-corrected chi connectivity index (χ2v) is 9.89. The largest absolute Gasteiger partial charge is 0.493 e. The van der Waals surface area contributed by atoms with E-state index in [9.17, 15) is 13.6 Å². The molecular formula is C32H38F2N2O5. The fourth-order valence-electron chi connectivity index (χ4n) is 4.78. The van der Waals surface area contributed by atoms with Crippen molar-refractivity contribution in [3.05, 3.63) is 89.5 Å². The molecule has 0 saturated carbocycles. The maximum atomic E-state index is 13.8. The van der Waals surface area contributed by atoms with E-state index in [4.69, 9.17) is 18.9 Å². The van der Waals surface area contributed by atoms with Crippen molar-refractivity contribution in [2.24, 2.45) is 0 Å². The molecule has 1 aliphatic heterocycles. The molecule has 220 valence electrons. The summed E-state index contributed by atoms with van der Waals surface area (Å²) in [6, 6.07) is 18.9. The van der Waals surface area contributed by atoms with E-state index >= 15 is 0 Å². The summed E-state index contributed by atoms with van der Waals surface area (Å²) in [5.74, 6) is 0.859. The van der Waals surface area contributed by atoms with Crippen LogP contribution in [0.1, 0.15) is 36.8 Å². The Balaban J connectivity index is 1.21. The predicted octanol–water partition coefficient (Wildman–Crippen LogP) is 5.03. The van der Waals surface area contributed by atoms with Crippen molar-refractivity contribution in [2.75, 3.05) is 46.1 Å². The van der Waals surface area contributed by atoms with Gasteiger partial charge in [-0.25, -0.2) is 8.78 Å². The summed E-state index contributed by atoms with van der Waals surface area (Å²) in [5, 5.41) is 6.15. The van der Waals surface area contributed by atoms with Crippen molar-refractivity contribution in [3.8, 4) is 17.2 Å². The summed E-state index contributed by atoms with van der Waals surface area (Å²) in [4.78, 5) is 11.1. The van der Waals surface area contributed by atoms with Crippen molar-refractivity contribution >= 4 is 5.91 Å². The van der Waals surface area contributed by atoms with E-state index in [1.807, 2.05) is 12.1 Å². The molecule has 1 heterocycles. The maximum absolute atomic E-state index is 13.8. The standard InChI is InChI=1S/C32H38F2N2O5/c1-23(37)36-16-13-25-7-10-26(33)21-31(25)40-19-20-41-32-22-35-15-14-28(32)24-8-11-27(12-9-24)38-17-4-18-39-30-6-3-2-5-29(30)34/h2-3,5-12,21,28,32,35H,4,13-20,22H2,1H3,(H,36,37). The van der Waals surface area contributed by atoms with Gasteiger partial charge in [0.1, 0.15) is 23.9 Å². The Labute approximate surface area is 240 Å². The van der Waals surface area contributed by atoms with Crippen LogP contribution in [0.4, 0.5) is 8.78 Å². The van der Waals surface area contributed by atoms with Crippen LogP contribution in [0.5, 0.6) is 17.2 Å². The normalized spacial score (nSPS) is 16.7. The number of ether oxygens (including phenoxy) is 4. The number of halogens is 2. The smallest absolute Gasteiger partial charge is 0.216 e. The van der Waals surface area contributed by atoms with Gasteiger partial charge in [0.25, 0.3) is 0 Å². The highest BCUT2D eigenvalue weighted by atomic mass is 19.1. The highest BCUT2D eigenvalue weighted by molar-refractivity contribution is 5.72. The van der Waals surface area contributed by atoms with E-state index in [1.165, 1.54) is 30.7 Å². The van der Waals surface area contributed by atoms with Crippen molar-refractivity contribution in [2.45, 2.75) is 38.2 Å². The van der Waals surface area contributed by atoms with Gasteiger partial charge in [0.05, 0.1) is 25.9 Å². The molecule has 41 heavy (non-hydrogen) atoms. The molecule has 2 atom stereocenters. The van der Waals surface area contributed by atoms with Gasteiger partial charge in [-0.1, -0.05) is 30.3 Å². The Kier molecular flexibility index (Phi) is 11.8. The lowest BCUT2D eigenvalue weighted by molar-refractivity contribution is -0.118. The third-order valence-electron chi connectivity index (χ3n) is 6.86. The van der Waals surface area contributed by atoms with Gasteiger partial charge < -0.3 is 29.6 Å². The van der Waals surface area contributed by atoms with Crippen molar-refractivity contribution in [3.63, 3.8) is 0 Å². The first-order chi connectivity index (χ1) is 20.0. The van der Waals surface area contributed by atoms with Gasteiger partial charge in [0.15, 0.2) is 11.6 Å². The van der Waals surface area contributed by atoms with E-state index in [-0.39, 0.29) is 41.9 Å². The van der Waals surface area contributed by atoms with Crippen LogP contribution in [0.15, 0.2) is 66.7 Å². The Bertz CT molecular complexity index is 1240. The number of carbonyl (C=O) groups excluding carboxylic acids is 1. The number of hydrogen-bond donors (Lipinski definition) is 2. The molecule has 1 amide bonds. The molecule has 0 spiro atoms. The molecule has 0 radical (unpaired) electrons. The molecule has 4 rings (SSSR count). The fourth-order valence-corrected chi connectivity index (χ4v) is 4.78. The quantitative estimate of drug-likeness (QED) is 0.251. The molecule has 1 aliphatic rings. The highest BCUT2D eigenvalue weighted by Gasteiger charge is 2.27. The van der Waals surface area contributed by atoms with Crippen LogP contribution >= 0.6 is 0 Å². The lowest BCUT2D eigenvalue weighted by Gasteiger charge is -2.32. The number of amides is 1. The number of para-hydroxylation sites is 1. The lowest BCUT2D eigenvalue weighted by Crippen LogP contribution is -2.41. The zero-order valence-electron chi connectivity index (χ0n) is 23.4. The number of rotatable bonds is 15. The zero-order valence-corrected chi connectivity index (χ0v) is 23.4. The highest BCUT2D eigenvalue weighted by Crippen LogP contribution is 2.29. The van der Waals surface area contributed by atoms with Crippen LogP contribution < -0.4 is 24.8 Å². The van der Waals surface area contributed by atoms with Crippen LogP contribution in [0.25, 0.3) is 0 Å². The van der Waals surface area contributed by atoms with E-state index < -0.39 is 0 Å². The zero-order chi connectivity index (χ0) is 28.9. The second kappa shape index (κ2) is 15.9. The molecule has 3 aromatic rings. The lowest BCUT2D eigenvalue weighted by atomic mass is 9.88. The SMILES string of the molecule is CC(=O)NCCc1ccc(F)cc1OCCOC1CNCCC1c1ccc(OCCCOc2ccccc2F)cc1. The minimum absolute atomic E-state index is 0.0265. The van der Waals surface area contributed by atoms with Crippen molar-refractivity contribution in [1.82, 2.24) is 10.6 Å². The van der Waals surface area contributed by atoms with E-state index in [1.54, 1.807) is 24.3 Å². The van der Waals surface area contributed by atoms with Gasteiger partial charge in [-0.2, -0.15) is 0 Å². The van der Waals surface area contributed by atoms with Gasteiger partial charge in [-0.05, 0) is 60.8 Å². The topological polar surface area (TPSA) is 78.1 Å². The average molecular weight is 569 g/mol. The van der Waals surface area contributed by atoms with Gasteiger partial charge in [-0.15, -0.1) is 0 Å². The van der Waals surface area contributed by atoms with Gasteiger partial charge >= 0.3 is 0 Å². The third kappa shape index (κ3) is 9.72. The number of hydrogen-bond acceptors (Lipinski definition) is 6. The maximum Gasteiger partial charge on any atom is 0.216 e. The molecule has 3 aromatic carbocycles. The van der Waals surface area contributed by atoms with Crippen LogP contribution in [0.3, 0.4) is 0 Å². The summed E-state index contributed by atoms with van der Waals surface area (Å²) in [6.07, 6.45) is 2.10. The average Bonchev–Trinajstić information content (AvgIpc) is 2.97. The molecule has 0 bridgehead atoms. The first-order valence-corrected chi connectivity index (χ1v) is 14.1. The first kappa shape index (κ1) is 30.3. The molecule has 7 nitrogen and oxygen atoms in total. The Hall–Kier alpha value is -3.69. The fraction of sp³-hybridized carbons (Fsp3) is 0.406. The summed E-state index contributed by atoms with van der Waals surface area (Å²) in [6.45, 7) is 5.03. The van der Waals surface area contributed by atoms with E-state index in [0.29, 0.717) is 45.0 Å². The summed E-state index contributed by atoms with van der Waals surface area (Å²) < 4.78 is 50.8. The van der Waals surface area contributed by atoms with Crippen LogP contribution in [0, 0.1) is 11.6 Å². The number of piperidine rings is 1. The Morgan fingerprint density at radius 1 is 0.927 bits per heavy atom. The van der Waals surface area contributed by atoms with Crippen LogP contribution in [0.2, 0.25) is 0 Å². The monoisotopic (exact) mass is 568 g/mol. The molecular weight excluding hydrogens is 530 g/mol. The molecule has 1 saturated heterocycles. The molecule has 9 heteroatoms. The van der Waals surface area contributed by atoms with E-state index in [2.05, 4.69) is 22.8 Å². The molecule has 2 N–H and O–H groups in total. The van der Waals surface area contributed by atoms with Crippen molar-refractivity contribution in [1.29, 1.82) is 0 Å². The first-order valence-electron chi connectivity index (χ1n) is 14.1. The number of benzene rings is 3.